The molecule has 1 atom stereocenters. The number of hydrogen-bond donors (Lipinski definition) is 2. The zero-order chi connectivity index (χ0) is 24.6. The van der Waals surface area contributed by atoms with Crippen LogP contribution in [0.5, 0.6) is 17.2 Å². The number of hydrogen-bond acceptors (Lipinski definition) is 6. The number of phenolic OH excluding ortho intramolecular Hbond substituents is 1. The molecule has 1 fully saturated rings. The van der Waals surface area contributed by atoms with E-state index in [9.17, 15) is 19.8 Å². The van der Waals surface area contributed by atoms with Crippen LogP contribution in [0.2, 0.25) is 10.0 Å². The maximum absolute atomic E-state index is 13.2. The van der Waals surface area contributed by atoms with Gasteiger partial charge in [0.15, 0.2) is 0 Å². The molecule has 0 bridgehead atoms. The van der Waals surface area contributed by atoms with E-state index in [2.05, 4.69) is 0 Å². The van der Waals surface area contributed by atoms with Gasteiger partial charge in [-0.25, -0.2) is 0 Å². The van der Waals surface area contributed by atoms with Crippen molar-refractivity contribution in [3.05, 3.63) is 87.4 Å². The summed E-state index contributed by atoms with van der Waals surface area (Å²) in [7, 11) is 2.96. The van der Waals surface area contributed by atoms with Crippen molar-refractivity contribution in [1.29, 1.82) is 0 Å². The second-order valence-electron chi connectivity index (χ2n) is 7.42. The van der Waals surface area contributed by atoms with Crippen molar-refractivity contribution < 1.29 is 29.3 Å². The van der Waals surface area contributed by atoms with Crippen molar-refractivity contribution in [2.24, 2.45) is 0 Å². The van der Waals surface area contributed by atoms with Crippen LogP contribution in [-0.2, 0) is 9.59 Å². The normalized spacial score (nSPS) is 17.2. The fourth-order valence-electron chi connectivity index (χ4n) is 3.81. The monoisotopic (exact) mass is 499 g/mol. The number of aliphatic hydroxyl groups excluding tert-OH is 1. The molecular weight excluding hydrogens is 481 g/mol. The summed E-state index contributed by atoms with van der Waals surface area (Å²) in [5, 5.41) is 21.3. The molecule has 1 amide bonds. The molecule has 0 aliphatic carbocycles. The molecule has 9 heteroatoms. The number of Topliss-reactive ketones (excluding diaryl/α,β-unsaturated/α-hetero) is 1. The summed E-state index contributed by atoms with van der Waals surface area (Å²) in [5.74, 6) is -1.41. The Bertz CT molecular complexity index is 1320. The van der Waals surface area contributed by atoms with Gasteiger partial charge in [0.2, 0.25) is 0 Å². The second-order valence-corrected chi connectivity index (χ2v) is 8.24. The zero-order valence-electron chi connectivity index (χ0n) is 18.1. The molecule has 4 rings (SSSR count). The van der Waals surface area contributed by atoms with Gasteiger partial charge in [0.25, 0.3) is 11.7 Å². The summed E-state index contributed by atoms with van der Waals surface area (Å²) in [6.07, 6.45) is 0. The third-order valence-corrected chi connectivity index (χ3v) is 6.14. The lowest BCUT2D eigenvalue weighted by Gasteiger charge is -2.26. The maximum atomic E-state index is 13.2. The molecule has 1 heterocycles. The van der Waals surface area contributed by atoms with Crippen LogP contribution in [0.15, 0.2) is 66.2 Å². The molecule has 0 spiro atoms. The fourth-order valence-corrected chi connectivity index (χ4v) is 4.20. The summed E-state index contributed by atoms with van der Waals surface area (Å²) in [6.45, 7) is 0. The van der Waals surface area contributed by atoms with Crippen LogP contribution >= 0.6 is 23.2 Å². The Morgan fingerprint density at radius 1 is 0.882 bits per heavy atom. The van der Waals surface area contributed by atoms with E-state index in [0.29, 0.717) is 22.7 Å². The highest BCUT2D eigenvalue weighted by molar-refractivity contribution is 6.52. The van der Waals surface area contributed by atoms with Crippen LogP contribution < -0.4 is 14.4 Å². The molecule has 3 aromatic rings. The van der Waals surface area contributed by atoms with Crippen LogP contribution in [0.3, 0.4) is 0 Å². The topological polar surface area (TPSA) is 96.3 Å². The van der Waals surface area contributed by atoms with E-state index < -0.39 is 23.5 Å². The highest BCUT2D eigenvalue weighted by Crippen LogP contribution is 2.44. The third kappa shape index (κ3) is 4.04. The van der Waals surface area contributed by atoms with Crippen molar-refractivity contribution >= 4 is 46.3 Å². The van der Waals surface area contributed by atoms with Gasteiger partial charge in [0.1, 0.15) is 23.0 Å². The molecule has 7 nitrogen and oxygen atoms in total. The maximum Gasteiger partial charge on any atom is 0.300 e. The van der Waals surface area contributed by atoms with Gasteiger partial charge in [0.05, 0.1) is 35.9 Å². The number of aliphatic hydroxyl groups is 1. The number of carbonyl (C=O) groups is 2. The highest BCUT2D eigenvalue weighted by Gasteiger charge is 2.47. The Hall–Kier alpha value is -3.68. The number of ether oxygens (including phenoxy) is 2. The summed E-state index contributed by atoms with van der Waals surface area (Å²) in [4.78, 5) is 27.7. The third-order valence-electron chi connectivity index (χ3n) is 5.51. The Morgan fingerprint density at radius 2 is 1.53 bits per heavy atom. The Morgan fingerprint density at radius 3 is 2.15 bits per heavy atom. The largest absolute Gasteiger partial charge is 0.507 e. The SMILES string of the molecule is COc1ccc(N2C(=O)C(=O)/C(=C(/O)c3cc(OC)ccc3Cl)C2c2ccc(O)c(Cl)c2)cc1. The number of benzene rings is 3. The van der Waals surface area contributed by atoms with Crippen molar-refractivity contribution in [3.63, 3.8) is 0 Å². The Kier molecular flexibility index (Phi) is 6.41. The average Bonchev–Trinajstić information content (AvgIpc) is 3.11. The number of amides is 1. The molecule has 0 aromatic heterocycles. The predicted molar refractivity (Wildman–Crippen MR) is 129 cm³/mol. The lowest BCUT2D eigenvalue weighted by Crippen LogP contribution is -2.29. The number of halogens is 2. The molecule has 0 radical (unpaired) electrons. The first kappa shape index (κ1) is 23.5. The van der Waals surface area contributed by atoms with Gasteiger partial charge in [-0.05, 0) is 60.2 Å². The molecule has 1 aliphatic rings. The van der Waals surface area contributed by atoms with E-state index in [-0.39, 0.29) is 26.9 Å². The molecule has 0 saturated carbocycles. The number of ketones is 1. The number of rotatable bonds is 5. The molecule has 1 aliphatic heterocycles. The van der Waals surface area contributed by atoms with Crippen LogP contribution in [0, 0.1) is 0 Å². The minimum atomic E-state index is -1.05. The number of methoxy groups -OCH3 is 2. The predicted octanol–water partition coefficient (Wildman–Crippen LogP) is 5.34. The molecule has 1 saturated heterocycles. The van der Waals surface area contributed by atoms with Crippen molar-refractivity contribution in [1.82, 2.24) is 0 Å². The molecule has 1 unspecified atom stereocenters. The number of anilines is 1. The van der Waals surface area contributed by atoms with E-state index in [1.807, 2.05) is 0 Å². The van der Waals surface area contributed by atoms with Crippen LogP contribution in [0.4, 0.5) is 5.69 Å². The van der Waals surface area contributed by atoms with Gasteiger partial charge >= 0.3 is 0 Å². The highest BCUT2D eigenvalue weighted by atomic mass is 35.5. The smallest absolute Gasteiger partial charge is 0.300 e. The van der Waals surface area contributed by atoms with Gasteiger partial charge in [0, 0.05) is 11.3 Å². The zero-order valence-corrected chi connectivity index (χ0v) is 19.6. The minimum absolute atomic E-state index is 0.0252. The standard InChI is InChI=1S/C25H19Cl2NO6/c1-33-15-6-4-14(5-7-15)28-22(13-3-10-20(29)19(27)11-13)21(24(31)25(28)32)23(30)17-12-16(34-2)8-9-18(17)26/h3-12,22,29-30H,1-2H3/b23-21+. The minimum Gasteiger partial charge on any atom is -0.507 e. The number of nitrogens with zero attached hydrogens (tertiary/aromatic N) is 1. The molecule has 174 valence electrons. The van der Waals surface area contributed by atoms with E-state index >= 15 is 0 Å². The van der Waals surface area contributed by atoms with Gasteiger partial charge in [-0.1, -0.05) is 29.3 Å². The van der Waals surface area contributed by atoms with E-state index in [4.69, 9.17) is 32.7 Å². The van der Waals surface area contributed by atoms with Crippen molar-refractivity contribution in [2.75, 3.05) is 19.1 Å². The van der Waals surface area contributed by atoms with Gasteiger partial charge in [-0.3, -0.25) is 14.5 Å². The summed E-state index contributed by atoms with van der Waals surface area (Å²) in [5.41, 5.74) is 0.743. The van der Waals surface area contributed by atoms with Gasteiger partial charge in [-0.2, -0.15) is 0 Å². The number of carbonyl (C=O) groups excluding carboxylic acids is 2. The first-order chi connectivity index (χ1) is 16.3. The first-order valence-electron chi connectivity index (χ1n) is 10.0. The Balaban J connectivity index is 1.97. The quantitative estimate of drug-likeness (QED) is 0.279. The Labute approximate surface area is 205 Å². The van der Waals surface area contributed by atoms with Crippen LogP contribution in [0.25, 0.3) is 5.76 Å². The second kappa shape index (κ2) is 9.29. The van der Waals surface area contributed by atoms with Crippen molar-refractivity contribution in [2.45, 2.75) is 6.04 Å². The molecular formula is C25H19Cl2NO6. The lowest BCUT2D eigenvalue weighted by atomic mass is 9.95. The van der Waals surface area contributed by atoms with Crippen LogP contribution in [0.1, 0.15) is 17.2 Å². The van der Waals surface area contributed by atoms with Crippen LogP contribution in [-0.4, -0.2) is 36.1 Å². The summed E-state index contributed by atoms with van der Waals surface area (Å²) >= 11 is 12.4. The first-order valence-corrected chi connectivity index (χ1v) is 10.8. The van der Waals surface area contributed by atoms with Gasteiger partial charge in [-0.15, -0.1) is 0 Å². The molecule has 3 aromatic carbocycles. The number of aromatic hydroxyl groups is 1. The summed E-state index contributed by atoms with van der Waals surface area (Å²) in [6, 6.07) is 14.4. The molecule has 2 N–H and O–H groups in total. The van der Waals surface area contributed by atoms with E-state index in [1.54, 1.807) is 30.3 Å². The van der Waals surface area contributed by atoms with E-state index in [1.165, 1.54) is 49.5 Å². The molecule has 34 heavy (non-hydrogen) atoms. The fraction of sp³-hybridized carbons (Fsp3) is 0.120. The van der Waals surface area contributed by atoms with Gasteiger partial charge < -0.3 is 19.7 Å². The number of phenols is 1. The van der Waals surface area contributed by atoms with Crippen molar-refractivity contribution in [3.8, 4) is 17.2 Å². The van der Waals surface area contributed by atoms with E-state index in [0.717, 1.165) is 0 Å². The summed E-state index contributed by atoms with van der Waals surface area (Å²) < 4.78 is 10.4. The average molecular weight is 500 g/mol. The lowest BCUT2D eigenvalue weighted by molar-refractivity contribution is -0.132.